The van der Waals surface area contributed by atoms with Gasteiger partial charge in [0.15, 0.2) is 12.6 Å². The molecule has 2 aliphatic rings. The van der Waals surface area contributed by atoms with Crippen molar-refractivity contribution < 1.29 is 64.6 Å². The minimum atomic E-state index is -1.78. The van der Waals surface area contributed by atoms with E-state index in [4.69, 9.17) is 18.9 Å². The van der Waals surface area contributed by atoms with E-state index in [1.54, 1.807) is 0 Å². The number of rotatable bonds is 38. The summed E-state index contributed by atoms with van der Waals surface area (Å²) in [6.07, 6.45) is 21.8. The van der Waals surface area contributed by atoms with Crippen LogP contribution in [0.15, 0.2) is 24.3 Å². The van der Waals surface area contributed by atoms with Gasteiger partial charge in [0.2, 0.25) is 5.91 Å². The Kier molecular flexibility index (Phi) is 33.4. The van der Waals surface area contributed by atoms with E-state index < -0.39 is 86.8 Å². The first-order valence-corrected chi connectivity index (χ1v) is 25.1. The molecule has 0 radical (unpaired) electrons. The van der Waals surface area contributed by atoms with Crippen molar-refractivity contribution in [3.63, 3.8) is 0 Å². The fourth-order valence-corrected chi connectivity index (χ4v) is 8.27. The normalized spacial score (nSPS) is 27.7. The summed E-state index contributed by atoms with van der Waals surface area (Å²) in [6, 6.07) is -0.829. The van der Waals surface area contributed by atoms with Crippen LogP contribution in [0.4, 0.5) is 0 Å². The molecule has 2 aliphatic heterocycles. The van der Waals surface area contributed by atoms with Crippen molar-refractivity contribution in [1.82, 2.24) is 5.32 Å². The highest BCUT2D eigenvalue weighted by Crippen LogP contribution is 2.30. The zero-order valence-corrected chi connectivity index (χ0v) is 39.1. The molecule has 0 saturated carbocycles. The lowest BCUT2D eigenvalue weighted by atomic mass is 9.97. The van der Waals surface area contributed by atoms with E-state index in [-0.39, 0.29) is 12.5 Å². The van der Waals surface area contributed by atoms with Crippen molar-refractivity contribution in [2.24, 2.45) is 0 Å². The van der Waals surface area contributed by atoms with Gasteiger partial charge in [-0.1, -0.05) is 160 Å². The Morgan fingerprint density at radius 2 is 1.05 bits per heavy atom. The number of carbonyl (C=O) groups excluding carboxylic acids is 1. The number of carbonyl (C=O) groups is 1. The maximum atomic E-state index is 13.2. The van der Waals surface area contributed by atoms with Crippen LogP contribution in [0.25, 0.3) is 0 Å². The van der Waals surface area contributed by atoms with Crippen LogP contribution in [0.5, 0.6) is 0 Å². The molecule has 2 heterocycles. The lowest BCUT2D eigenvalue weighted by molar-refractivity contribution is -0.359. The molecule has 14 nitrogen and oxygen atoms in total. The van der Waals surface area contributed by atoms with Crippen molar-refractivity contribution in [3.05, 3.63) is 24.3 Å². The molecule has 2 rings (SSSR count). The summed E-state index contributed by atoms with van der Waals surface area (Å²) >= 11 is 0. The van der Waals surface area contributed by atoms with E-state index >= 15 is 0 Å². The topological polar surface area (TPSA) is 228 Å². The van der Waals surface area contributed by atoms with Crippen LogP contribution in [0.3, 0.4) is 0 Å². The SMILES string of the molecule is CCCCCC/C=C\C/C=C\CCCCCCCCCC(=O)NC(COC1OC(CO)C(OC2OC(CO)C(O)C(O)C2O)C(O)C1O)C(O)CCCCCCCCCCCCC. The highest BCUT2D eigenvalue weighted by molar-refractivity contribution is 5.76. The van der Waals surface area contributed by atoms with E-state index in [9.17, 15) is 45.6 Å². The number of unbranched alkanes of at least 4 members (excludes halogenated alkanes) is 21. The molecule has 0 aromatic rings. The number of amides is 1. The zero-order chi connectivity index (χ0) is 46.1. The second kappa shape index (κ2) is 36.6. The summed E-state index contributed by atoms with van der Waals surface area (Å²) in [5.41, 5.74) is 0. The second-order valence-electron chi connectivity index (χ2n) is 17.9. The molecule has 0 aromatic carbocycles. The zero-order valence-electron chi connectivity index (χ0n) is 39.1. The van der Waals surface area contributed by atoms with E-state index in [0.717, 1.165) is 57.8 Å². The Bertz CT molecular complexity index is 1160. The van der Waals surface area contributed by atoms with Gasteiger partial charge in [0, 0.05) is 6.42 Å². The molecule has 0 bridgehead atoms. The number of allylic oxidation sites excluding steroid dienone is 4. The van der Waals surface area contributed by atoms with Gasteiger partial charge in [-0.05, 0) is 44.9 Å². The van der Waals surface area contributed by atoms with Gasteiger partial charge >= 0.3 is 0 Å². The first-order chi connectivity index (χ1) is 30.6. The number of aliphatic hydroxyl groups excluding tert-OH is 8. The maximum absolute atomic E-state index is 13.2. The van der Waals surface area contributed by atoms with Crippen LogP contribution < -0.4 is 5.32 Å². The van der Waals surface area contributed by atoms with Gasteiger partial charge in [0.25, 0.3) is 0 Å². The fraction of sp³-hybridized carbons (Fsp3) is 0.898. The lowest BCUT2D eigenvalue weighted by Crippen LogP contribution is -2.65. The van der Waals surface area contributed by atoms with Gasteiger partial charge in [0.05, 0.1) is 32.0 Å². The first-order valence-electron chi connectivity index (χ1n) is 25.1. The first kappa shape index (κ1) is 57.6. The van der Waals surface area contributed by atoms with Crippen LogP contribution in [-0.2, 0) is 23.7 Å². The van der Waals surface area contributed by atoms with E-state index in [2.05, 4.69) is 43.5 Å². The van der Waals surface area contributed by atoms with Crippen LogP contribution in [0.2, 0.25) is 0 Å². The number of hydrogen-bond donors (Lipinski definition) is 9. The van der Waals surface area contributed by atoms with Crippen LogP contribution >= 0.6 is 0 Å². The van der Waals surface area contributed by atoms with Gasteiger partial charge in [-0.2, -0.15) is 0 Å². The van der Waals surface area contributed by atoms with Gasteiger partial charge in [-0.25, -0.2) is 0 Å². The molecule has 12 atom stereocenters. The molecule has 370 valence electrons. The Balaban J connectivity index is 1.83. The Labute approximate surface area is 379 Å². The third-order valence-electron chi connectivity index (χ3n) is 12.4. The molecule has 14 heteroatoms. The van der Waals surface area contributed by atoms with Crippen LogP contribution in [0.1, 0.15) is 187 Å². The second-order valence-corrected chi connectivity index (χ2v) is 17.9. The van der Waals surface area contributed by atoms with Crippen molar-refractivity contribution in [3.8, 4) is 0 Å². The third-order valence-corrected chi connectivity index (χ3v) is 12.4. The minimum absolute atomic E-state index is 0.217. The summed E-state index contributed by atoms with van der Waals surface area (Å²) in [5, 5.41) is 86.7. The average Bonchev–Trinajstić information content (AvgIpc) is 3.28. The molecule has 2 saturated heterocycles. The Morgan fingerprint density at radius 1 is 0.571 bits per heavy atom. The van der Waals surface area contributed by atoms with E-state index in [1.165, 1.54) is 96.3 Å². The van der Waals surface area contributed by atoms with Gasteiger partial charge < -0.3 is 65.1 Å². The molecule has 0 spiro atoms. The molecule has 9 N–H and O–H groups in total. The standard InChI is InChI=1S/C49H91NO13/c1-3-5-7-9-11-13-15-16-17-18-19-20-21-23-25-27-29-31-33-41(54)50-37(38(53)32-30-28-26-24-22-14-12-10-8-6-4-2)36-60-48-46(59)44(57)47(40(35-52)62-48)63-49-45(58)43(56)42(55)39(34-51)61-49/h13,15,17-18,37-40,42-49,51-53,55-59H,3-12,14,16,19-36H2,1-2H3,(H,50,54)/b15-13-,18-17-. The monoisotopic (exact) mass is 902 g/mol. The predicted octanol–water partition coefficient (Wildman–Crippen LogP) is 6.16. The van der Waals surface area contributed by atoms with Crippen molar-refractivity contribution in [2.45, 2.75) is 261 Å². The highest BCUT2D eigenvalue weighted by atomic mass is 16.7. The van der Waals surface area contributed by atoms with Gasteiger partial charge in [-0.15, -0.1) is 0 Å². The Hall–Kier alpha value is -1.53. The van der Waals surface area contributed by atoms with E-state index in [1.807, 2.05) is 0 Å². The van der Waals surface area contributed by atoms with Gasteiger partial charge in [-0.3, -0.25) is 4.79 Å². The molecule has 2 fully saturated rings. The number of ether oxygens (including phenoxy) is 4. The largest absolute Gasteiger partial charge is 0.394 e. The minimum Gasteiger partial charge on any atom is -0.394 e. The molecule has 12 unspecified atom stereocenters. The number of aliphatic hydroxyl groups is 8. The fourth-order valence-electron chi connectivity index (χ4n) is 8.27. The molecule has 0 aliphatic carbocycles. The van der Waals surface area contributed by atoms with Crippen molar-refractivity contribution in [2.75, 3.05) is 19.8 Å². The summed E-state index contributed by atoms with van der Waals surface area (Å²) in [6.45, 7) is 2.81. The molecular formula is C49H91NO13. The Morgan fingerprint density at radius 3 is 1.60 bits per heavy atom. The summed E-state index contributed by atoms with van der Waals surface area (Å²) in [5.74, 6) is -0.217. The number of nitrogens with one attached hydrogen (secondary N) is 1. The summed E-state index contributed by atoms with van der Waals surface area (Å²) in [7, 11) is 0. The highest BCUT2D eigenvalue weighted by Gasteiger charge is 2.51. The number of hydrogen-bond acceptors (Lipinski definition) is 13. The summed E-state index contributed by atoms with van der Waals surface area (Å²) < 4.78 is 22.7. The van der Waals surface area contributed by atoms with Gasteiger partial charge in [0.1, 0.15) is 48.8 Å². The maximum Gasteiger partial charge on any atom is 0.220 e. The molecule has 63 heavy (non-hydrogen) atoms. The third kappa shape index (κ3) is 24.2. The summed E-state index contributed by atoms with van der Waals surface area (Å²) in [4.78, 5) is 13.2. The molecule has 0 aromatic heterocycles. The average molecular weight is 902 g/mol. The smallest absolute Gasteiger partial charge is 0.220 e. The van der Waals surface area contributed by atoms with Crippen LogP contribution in [0, 0.1) is 0 Å². The van der Waals surface area contributed by atoms with Crippen LogP contribution in [-0.4, -0.2) is 140 Å². The quantitative estimate of drug-likeness (QED) is 0.0250. The van der Waals surface area contributed by atoms with E-state index in [0.29, 0.717) is 19.3 Å². The van der Waals surface area contributed by atoms with Crippen molar-refractivity contribution in [1.29, 1.82) is 0 Å². The predicted molar refractivity (Wildman–Crippen MR) is 245 cm³/mol. The lowest BCUT2D eigenvalue weighted by Gasteiger charge is -2.46. The molecular weight excluding hydrogens is 811 g/mol. The van der Waals surface area contributed by atoms with Crippen molar-refractivity contribution >= 4 is 5.91 Å². The molecule has 1 amide bonds.